The van der Waals surface area contributed by atoms with E-state index in [0.717, 1.165) is 66.1 Å². The van der Waals surface area contributed by atoms with Crippen LogP contribution in [0.5, 0.6) is 0 Å². The molecule has 1 aliphatic rings. The largest absolute Gasteiger partial charge is 0.367 e. The lowest BCUT2D eigenvalue weighted by Gasteiger charge is -2.36. The summed E-state index contributed by atoms with van der Waals surface area (Å²) >= 11 is 0. The number of fused-ring (bicyclic) bond motifs is 2. The Hall–Kier alpha value is -3.65. The van der Waals surface area contributed by atoms with Crippen LogP contribution in [0.25, 0.3) is 16.6 Å². The summed E-state index contributed by atoms with van der Waals surface area (Å²) < 4.78 is 1.95. The molecule has 5 rings (SSSR count). The van der Waals surface area contributed by atoms with Crippen LogP contribution in [-0.4, -0.2) is 58.4 Å². The number of aromatic amines is 1. The minimum atomic E-state index is -0.0937. The van der Waals surface area contributed by atoms with E-state index >= 15 is 0 Å². The second-order valence-corrected chi connectivity index (χ2v) is 8.46. The van der Waals surface area contributed by atoms with Gasteiger partial charge in [-0.3, -0.25) is 19.5 Å². The highest BCUT2D eigenvalue weighted by molar-refractivity contribution is 5.94. The lowest BCUT2D eigenvalue weighted by molar-refractivity contribution is 0.0957. The molecule has 1 amide bonds. The van der Waals surface area contributed by atoms with E-state index in [2.05, 4.69) is 31.2 Å². The van der Waals surface area contributed by atoms with E-state index in [-0.39, 0.29) is 11.5 Å². The Morgan fingerprint density at radius 3 is 2.73 bits per heavy atom. The maximum atomic E-state index is 12.2. The lowest BCUT2D eigenvalue weighted by Crippen LogP contribution is -2.46. The molecule has 0 saturated carbocycles. The van der Waals surface area contributed by atoms with Gasteiger partial charge in [-0.15, -0.1) is 0 Å². The van der Waals surface area contributed by atoms with Gasteiger partial charge in [0, 0.05) is 57.7 Å². The van der Waals surface area contributed by atoms with E-state index in [4.69, 9.17) is 0 Å². The Bertz CT molecular complexity index is 1380. The molecule has 0 bridgehead atoms. The number of nitrogens with zero attached hydrogens (tertiary/aromatic N) is 4. The third kappa shape index (κ3) is 3.98. The molecule has 5 heterocycles. The second kappa shape index (κ2) is 8.71. The molecule has 1 fully saturated rings. The molecule has 170 valence electrons. The van der Waals surface area contributed by atoms with Gasteiger partial charge in [0.25, 0.3) is 11.5 Å². The van der Waals surface area contributed by atoms with Crippen molar-refractivity contribution in [3.8, 4) is 0 Å². The number of aryl methyl sites for hydroxylation is 1. The molecule has 0 spiro atoms. The number of aromatic nitrogens is 3. The molecular weight excluding hydrogens is 416 g/mol. The molecular formula is C25H28N6O2. The van der Waals surface area contributed by atoms with Gasteiger partial charge in [0.05, 0.1) is 22.2 Å². The van der Waals surface area contributed by atoms with Gasteiger partial charge in [-0.2, -0.15) is 0 Å². The highest BCUT2D eigenvalue weighted by Crippen LogP contribution is 2.25. The topological polar surface area (TPSA) is 85.7 Å². The summed E-state index contributed by atoms with van der Waals surface area (Å²) in [5.74, 6) is -0.0937. The summed E-state index contributed by atoms with van der Waals surface area (Å²) in [6.45, 7) is 6.42. The van der Waals surface area contributed by atoms with Crippen LogP contribution in [0.3, 0.4) is 0 Å². The Morgan fingerprint density at radius 1 is 1.15 bits per heavy atom. The smallest absolute Gasteiger partial charge is 0.268 e. The van der Waals surface area contributed by atoms with Crippen molar-refractivity contribution in [1.29, 1.82) is 0 Å². The number of carbonyl (C=O) groups is 1. The monoisotopic (exact) mass is 444 g/mol. The summed E-state index contributed by atoms with van der Waals surface area (Å²) in [4.78, 5) is 36.7. The second-order valence-electron chi connectivity index (χ2n) is 8.46. The molecule has 0 aliphatic carbocycles. The van der Waals surface area contributed by atoms with Gasteiger partial charge in [0.1, 0.15) is 5.69 Å². The van der Waals surface area contributed by atoms with E-state index in [1.165, 1.54) is 0 Å². The first-order chi connectivity index (χ1) is 16.1. The number of hydrogen-bond donors (Lipinski definition) is 2. The number of anilines is 1. The quantitative estimate of drug-likeness (QED) is 0.494. The predicted octanol–water partition coefficient (Wildman–Crippen LogP) is 2.42. The van der Waals surface area contributed by atoms with Gasteiger partial charge in [0.2, 0.25) is 0 Å². The number of hydrogen-bond acceptors (Lipinski definition) is 5. The maximum absolute atomic E-state index is 12.2. The molecule has 0 atom stereocenters. The SMILES string of the molecule is CCc1cc2ncc(CN3CCN(c4ccc(C(=O)NC)n5cccc45)CC3)cc2[nH]c1=O. The summed E-state index contributed by atoms with van der Waals surface area (Å²) in [6.07, 6.45) is 4.54. The molecule has 8 nitrogen and oxygen atoms in total. The highest BCUT2D eigenvalue weighted by Gasteiger charge is 2.21. The normalized spacial score (nSPS) is 14.8. The molecule has 1 saturated heterocycles. The number of carbonyl (C=O) groups excluding carboxylic acids is 1. The van der Waals surface area contributed by atoms with Gasteiger partial charge < -0.3 is 19.6 Å². The summed E-state index contributed by atoms with van der Waals surface area (Å²) in [5, 5.41) is 2.71. The van der Waals surface area contributed by atoms with Crippen LogP contribution in [0.15, 0.2) is 53.6 Å². The first-order valence-electron chi connectivity index (χ1n) is 11.4. The average Bonchev–Trinajstić information content (AvgIpc) is 3.33. The number of pyridine rings is 3. The molecule has 2 N–H and O–H groups in total. The van der Waals surface area contributed by atoms with Crippen molar-refractivity contribution >= 4 is 28.1 Å². The zero-order valence-corrected chi connectivity index (χ0v) is 19.0. The van der Waals surface area contributed by atoms with Crippen molar-refractivity contribution in [1.82, 2.24) is 24.6 Å². The number of nitrogens with one attached hydrogen (secondary N) is 2. The minimum absolute atomic E-state index is 0.0308. The van der Waals surface area contributed by atoms with Crippen molar-refractivity contribution in [2.45, 2.75) is 19.9 Å². The predicted molar refractivity (Wildman–Crippen MR) is 130 cm³/mol. The van der Waals surface area contributed by atoms with Gasteiger partial charge in [0.15, 0.2) is 0 Å². The lowest BCUT2D eigenvalue weighted by atomic mass is 10.1. The summed E-state index contributed by atoms with van der Waals surface area (Å²) in [5.41, 5.74) is 6.27. The Kier molecular flexibility index (Phi) is 5.60. The molecule has 8 heteroatoms. The van der Waals surface area contributed by atoms with E-state index in [9.17, 15) is 9.59 Å². The fourth-order valence-electron chi connectivity index (χ4n) is 4.62. The first-order valence-corrected chi connectivity index (χ1v) is 11.4. The van der Waals surface area contributed by atoms with Crippen LogP contribution < -0.4 is 15.8 Å². The van der Waals surface area contributed by atoms with Crippen LogP contribution >= 0.6 is 0 Å². The molecule has 0 radical (unpaired) electrons. The number of piperazine rings is 1. The molecule has 33 heavy (non-hydrogen) atoms. The Morgan fingerprint density at radius 2 is 1.97 bits per heavy atom. The van der Waals surface area contributed by atoms with Crippen molar-refractivity contribution in [3.63, 3.8) is 0 Å². The van der Waals surface area contributed by atoms with Gasteiger partial charge >= 0.3 is 0 Å². The van der Waals surface area contributed by atoms with Crippen molar-refractivity contribution in [2.24, 2.45) is 0 Å². The molecule has 1 aliphatic heterocycles. The third-order valence-electron chi connectivity index (χ3n) is 6.46. The zero-order chi connectivity index (χ0) is 22.9. The van der Waals surface area contributed by atoms with E-state index < -0.39 is 0 Å². The van der Waals surface area contributed by atoms with Crippen LogP contribution in [-0.2, 0) is 13.0 Å². The van der Waals surface area contributed by atoms with E-state index in [1.807, 2.05) is 54.0 Å². The first kappa shape index (κ1) is 21.2. The highest BCUT2D eigenvalue weighted by atomic mass is 16.1. The van der Waals surface area contributed by atoms with Crippen LogP contribution in [0.2, 0.25) is 0 Å². The Labute approximate surface area is 191 Å². The number of amides is 1. The van der Waals surface area contributed by atoms with E-state index in [1.54, 1.807) is 7.05 Å². The van der Waals surface area contributed by atoms with Crippen LogP contribution in [0, 0.1) is 0 Å². The molecule has 4 aromatic heterocycles. The van der Waals surface area contributed by atoms with Gasteiger partial charge in [-0.25, -0.2) is 0 Å². The van der Waals surface area contributed by atoms with Crippen LogP contribution in [0.1, 0.15) is 28.5 Å². The fourth-order valence-corrected chi connectivity index (χ4v) is 4.62. The number of rotatable bonds is 5. The fraction of sp³-hybridized carbons (Fsp3) is 0.320. The van der Waals surface area contributed by atoms with Gasteiger partial charge in [-0.1, -0.05) is 6.92 Å². The molecule has 0 unspecified atom stereocenters. The molecule has 4 aromatic rings. The van der Waals surface area contributed by atoms with Gasteiger partial charge in [-0.05, 0) is 48.4 Å². The van der Waals surface area contributed by atoms with Crippen molar-refractivity contribution < 1.29 is 4.79 Å². The van der Waals surface area contributed by atoms with E-state index in [0.29, 0.717) is 12.1 Å². The van der Waals surface area contributed by atoms with Crippen molar-refractivity contribution in [3.05, 3.63) is 76.0 Å². The zero-order valence-electron chi connectivity index (χ0n) is 19.0. The minimum Gasteiger partial charge on any atom is -0.367 e. The summed E-state index contributed by atoms with van der Waals surface area (Å²) in [6, 6.07) is 11.9. The standard InChI is InChI=1S/C25H28N6O2/c1-3-18-14-19-20(28-24(18)32)13-17(15-27-19)16-29-9-11-30(12-10-29)21-6-7-23(25(33)26-2)31-8-4-5-22(21)31/h4-8,13-15H,3,9-12,16H2,1-2H3,(H,26,33)(H,28,32). The van der Waals surface area contributed by atoms with Crippen LogP contribution in [0.4, 0.5) is 5.69 Å². The Balaban J connectivity index is 1.29. The average molecular weight is 445 g/mol. The third-order valence-corrected chi connectivity index (χ3v) is 6.46. The number of H-pyrrole nitrogens is 1. The van der Waals surface area contributed by atoms with Crippen molar-refractivity contribution in [2.75, 3.05) is 38.1 Å². The summed E-state index contributed by atoms with van der Waals surface area (Å²) in [7, 11) is 1.65. The molecule has 0 aromatic carbocycles. The maximum Gasteiger partial charge on any atom is 0.268 e.